The number of thiophene rings is 1. The molecule has 0 spiro atoms. The molecule has 21 heavy (non-hydrogen) atoms. The van der Waals surface area contributed by atoms with Crippen molar-refractivity contribution in [1.82, 2.24) is 4.90 Å². The third-order valence-electron chi connectivity index (χ3n) is 4.32. The molecule has 2 heterocycles. The van der Waals surface area contributed by atoms with Gasteiger partial charge in [0, 0.05) is 19.0 Å². The van der Waals surface area contributed by atoms with Gasteiger partial charge in [0.25, 0.3) is 0 Å². The molecule has 1 aromatic rings. The summed E-state index contributed by atoms with van der Waals surface area (Å²) in [5, 5.41) is 14.1. The van der Waals surface area contributed by atoms with Gasteiger partial charge in [0.2, 0.25) is 11.8 Å². The number of rotatable bonds is 3. The molecule has 0 unspecified atom stereocenters. The van der Waals surface area contributed by atoms with Gasteiger partial charge in [-0.25, -0.2) is 0 Å². The first-order valence-electron chi connectivity index (χ1n) is 7.27. The molecule has 1 N–H and O–H groups in total. The molecule has 3 rings (SSSR count). The zero-order valence-corrected chi connectivity index (χ0v) is 12.5. The molecule has 1 atom stereocenters. The van der Waals surface area contributed by atoms with E-state index in [9.17, 15) is 9.59 Å². The lowest BCUT2D eigenvalue weighted by molar-refractivity contribution is -0.129. The summed E-state index contributed by atoms with van der Waals surface area (Å²) < 4.78 is 0. The summed E-state index contributed by atoms with van der Waals surface area (Å²) in [7, 11) is 0. The number of nitrogens with zero attached hydrogens (tertiary/aromatic N) is 2. The van der Waals surface area contributed by atoms with Gasteiger partial charge >= 0.3 is 0 Å². The van der Waals surface area contributed by atoms with E-state index in [4.69, 9.17) is 5.26 Å². The van der Waals surface area contributed by atoms with Crippen LogP contribution in [0.15, 0.2) is 11.4 Å². The van der Waals surface area contributed by atoms with E-state index in [2.05, 4.69) is 11.4 Å². The van der Waals surface area contributed by atoms with Crippen LogP contribution in [0.5, 0.6) is 0 Å². The quantitative estimate of drug-likeness (QED) is 0.931. The molecule has 2 fully saturated rings. The predicted octanol–water partition coefficient (Wildman–Crippen LogP) is 2.35. The Bertz CT molecular complexity index is 598. The molecule has 2 aliphatic rings. The van der Waals surface area contributed by atoms with Crippen LogP contribution in [-0.2, 0) is 9.59 Å². The fourth-order valence-electron chi connectivity index (χ4n) is 3.18. The van der Waals surface area contributed by atoms with E-state index in [-0.39, 0.29) is 24.2 Å². The Morgan fingerprint density at radius 3 is 2.90 bits per heavy atom. The number of anilines is 1. The van der Waals surface area contributed by atoms with Crippen molar-refractivity contribution in [2.45, 2.75) is 38.1 Å². The van der Waals surface area contributed by atoms with Crippen LogP contribution in [0, 0.1) is 17.2 Å². The molecule has 110 valence electrons. The van der Waals surface area contributed by atoms with Crippen molar-refractivity contribution >= 4 is 28.2 Å². The molecule has 1 saturated carbocycles. The van der Waals surface area contributed by atoms with Gasteiger partial charge in [0.15, 0.2) is 0 Å². The maximum absolute atomic E-state index is 12.3. The zero-order chi connectivity index (χ0) is 14.8. The van der Waals surface area contributed by atoms with Gasteiger partial charge in [-0.15, -0.1) is 11.3 Å². The second kappa shape index (κ2) is 5.86. The second-order valence-electron chi connectivity index (χ2n) is 5.65. The average molecular weight is 303 g/mol. The lowest BCUT2D eigenvalue weighted by Crippen LogP contribution is -2.35. The van der Waals surface area contributed by atoms with Crippen LogP contribution >= 0.6 is 11.3 Å². The van der Waals surface area contributed by atoms with Gasteiger partial charge in [-0.2, -0.15) is 5.26 Å². The summed E-state index contributed by atoms with van der Waals surface area (Å²) in [6.07, 6.45) is 4.75. The molecule has 5 nitrogen and oxygen atoms in total. The molecule has 0 radical (unpaired) electrons. The van der Waals surface area contributed by atoms with Crippen molar-refractivity contribution in [3.05, 3.63) is 17.0 Å². The Kier molecular flexibility index (Phi) is 3.93. The molecular formula is C15H17N3O2S. The minimum absolute atomic E-state index is 0.0914. The summed E-state index contributed by atoms with van der Waals surface area (Å²) in [5.41, 5.74) is 0.477. The minimum Gasteiger partial charge on any atom is -0.339 e. The van der Waals surface area contributed by atoms with Crippen molar-refractivity contribution in [2.24, 2.45) is 5.92 Å². The van der Waals surface area contributed by atoms with Gasteiger partial charge in [-0.3, -0.25) is 9.59 Å². The Labute approximate surface area is 127 Å². The maximum atomic E-state index is 12.3. The highest BCUT2D eigenvalue weighted by molar-refractivity contribution is 7.14. The number of carbonyl (C=O) groups is 2. The van der Waals surface area contributed by atoms with Gasteiger partial charge in [-0.1, -0.05) is 12.8 Å². The molecule has 6 heteroatoms. The molecule has 2 amide bonds. The molecule has 0 bridgehead atoms. The van der Waals surface area contributed by atoms with Crippen LogP contribution < -0.4 is 5.32 Å². The smallest absolute Gasteiger partial charge is 0.230 e. The van der Waals surface area contributed by atoms with E-state index in [1.165, 1.54) is 24.2 Å². The largest absolute Gasteiger partial charge is 0.339 e. The van der Waals surface area contributed by atoms with Gasteiger partial charge in [0.05, 0.1) is 11.5 Å². The molecule has 1 aliphatic heterocycles. The Balaban J connectivity index is 1.64. The second-order valence-corrected chi connectivity index (χ2v) is 6.57. The summed E-state index contributed by atoms with van der Waals surface area (Å²) in [6, 6.07) is 4.06. The summed E-state index contributed by atoms with van der Waals surface area (Å²) in [6.45, 7) is 0.516. The first-order valence-corrected chi connectivity index (χ1v) is 8.15. The predicted molar refractivity (Wildman–Crippen MR) is 79.7 cm³/mol. The van der Waals surface area contributed by atoms with Crippen LogP contribution in [0.3, 0.4) is 0 Å². The van der Waals surface area contributed by atoms with Crippen LogP contribution in [0.25, 0.3) is 0 Å². The molecule has 1 aromatic heterocycles. The van der Waals surface area contributed by atoms with Crippen LogP contribution in [0.4, 0.5) is 5.00 Å². The third kappa shape index (κ3) is 2.79. The summed E-state index contributed by atoms with van der Waals surface area (Å²) in [4.78, 5) is 26.3. The highest BCUT2D eigenvalue weighted by Crippen LogP contribution is 2.30. The number of nitriles is 1. The summed E-state index contributed by atoms with van der Waals surface area (Å²) >= 11 is 1.34. The average Bonchev–Trinajstić information content (AvgIpc) is 3.17. The van der Waals surface area contributed by atoms with Crippen molar-refractivity contribution in [2.75, 3.05) is 11.9 Å². The number of amides is 2. The maximum Gasteiger partial charge on any atom is 0.230 e. The first-order chi connectivity index (χ1) is 10.2. The van der Waals surface area contributed by atoms with Crippen molar-refractivity contribution in [3.63, 3.8) is 0 Å². The van der Waals surface area contributed by atoms with Crippen molar-refractivity contribution in [1.29, 1.82) is 5.26 Å². The highest BCUT2D eigenvalue weighted by Gasteiger charge is 2.38. The number of nitrogens with one attached hydrogen (secondary N) is 1. The van der Waals surface area contributed by atoms with Gasteiger partial charge in [-0.05, 0) is 24.3 Å². The lowest BCUT2D eigenvalue weighted by Gasteiger charge is -2.23. The normalized spacial score (nSPS) is 22.5. The SMILES string of the molecule is N#Cc1ccsc1NC(=O)[C@@H]1CC(=O)N(C2CCCC2)C1. The van der Waals surface area contributed by atoms with Gasteiger partial charge in [0.1, 0.15) is 11.1 Å². The highest BCUT2D eigenvalue weighted by atomic mass is 32.1. The van der Waals surface area contributed by atoms with Crippen molar-refractivity contribution < 1.29 is 9.59 Å². The Morgan fingerprint density at radius 1 is 1.43 bits per heavy atom. The van der Waals surface area contributed by atoms with Crippen LogP contribution in [0.1, 0.15) is 37.7 Å². The molecule has 0 aromatic carbocycles. The van der Waals surface area contributed by atoms with E-state index in [1.807, 2.05) is 4.90 Å². The third-order valence-corrected chi connectivity index (χ3v) is 5.15. The van der Waals surface area contributed by atoms with Crippen molar-refractivity contribution in [3.8, 4) is 6.07 Å². The summed E-state index contributed by atoms with van der Waals surface area (Å²) in [5.74, 6) is -0.358. The zero-order valence-electron chi connectivity index (χ0n) is 11.7. The monoisotopic (exact) mass is 303 g/mol. The van der Waals surface area contributed by atoms with Gasteiger partial charge < -0.3 is 10.2 Å². The Morgan fingerprint density at radius 2 is 2.19 bits per heavy atom. The van der Waals surface area contributed by atoms with E-state index in [0.29, 0.717) is 23.2 Å². The topological polar surface area (TPSA) is 73.2 Å². The minimum atomic E-state index is -0.299. The number of hydrogen-bond donors (Lipinski definition) is 1. The van der Waals surface area contributed by atoms with Crippen LogP contribution in [0.2, 0.25) is 0 Å². The fraction of sp³-hybridized carbons (Fsp3) is 0.533. The van der Waals surface area contributed by atoms with E-state index in [0.717, 1.165) is 12.8 Å². The van der Waals surface area contributed by atoms with Crippen LogP contribution in [-0.4, -0.2) is 29.3 Å². The number of likely N-dealkylation sites (tertiary alicyclic amines) is 1. The fourth-order valence-corrected chi connectivity index (χ4v) is 3.92. The van der Waals surface area contributed by atoms with E-state index < -0.39 is 0 Å². The molecular weight excluding hydrogens is 286 g/mol. The van der Waals surface area contributed by atoms with E-state index >= 15 is 0 Å². The first kappa shape index (κ1) is 14.1. The Hall–Kier alpha value is -1.87. The number of hydrogen-bond acceptors (Lipinski definition) is 4. The number of carbonyl (C=O) groups excluding carboxylic acids is 2. The van der Waals surface area contributed by atoms with E-state index in [1.54, 1.807) is 11.4 Å². The molecule has 1 aliphatic carbocycles. The standard InChI is InChI=1S/C15H17N3O2S/c16-8-10-5-6-21-15(10)17-14(20)11-7-13(19)18(9-11)12-3-1-2-4-12/h5-6,11-12H,1-4,7,9H2,(H,17,20)/t11-/m1/s1. The lowest BCUT2D eigenvalue weighted by atomic mass is 10.1. The molecule has 1 saturated heterocycles.